The largest absolute Gasteiger partial charge is 0.481 e. The summed E-state index contributed by atoms with van der Waals surface area (Å²) in [5, 5.41) is 9.53. The minimum Gasteiger partial charge on any atom is -0.481 e. The summed E-state index contributed by atoms with van der Waals surface area (Å²) in [4.78, 5) is 56.1. The van der Waals surface area contributed by atoms with Gasteiger partial charge in [-0.05, 0) is 47.4 Å². The van der Waals surface area contributed by atoms with Crippen LogP contribution >= 0.6 is 0 Å². The number of aliphatic carboxylic acids is 1. The highest BCUT2D eigenvalue weighted by molar-refractivity contribution is 5.93. The quantitative estimate of drug-likeness (QED) is 0.502. The SMILES string of the molecule is CC(C)[C@@H](C(=O)N(C)[C@@H](CC(=O)O)C(=O)N1CCCCC1)N(C)C(=O)OCC1c2ccccc2-c2ccccc21. The first kappa shape index (κ1) is 29.1. The molecule has 0 spiro atoms. The van der Waals surface area contributed by atoms with Gasteiger partial charge in [0.15, 0.2) is 0 Å². The number of rotatable bonds is 9. The standard InChI is InChI=1S/C31H39N3O6/c1-20(2)28(30(38)32(3)26(18-27(35)36)29(37)34-16-10-5-11-17-34)33(4)31(39)40-19-25-23-14-8-6-12-21(23)22-13-7-9-15-24(22)25/h6-9,12-15,20,25-26,28H,5,10-11,16-19H2,1-4H3,(H,35,36)/t26-,28-/m0/s1. The van der Waals surface area contributed by atoms with Gasteiger partial charge in [-0.15, -0.1) is 0 Å². The molecule has 0 aromatic heterocycles. The van der Waals surface area contributed by atoms with Crippen LogP contribution in [0.2, 0.25) is 0 Å². The Morgan fingerprint density at radius 2 is 1.45 bits per heavy atom. The number of piperidine rings is 1. The predicted octanol–water partition coefficient (Wildman–Crippen LogP) is 4.21. The zero-order chi connectivity index (χ0) is 29.0. The van der Waals surface area contributed by atoms with Crippen molar-refractivity contribution in [2.45, 2.75) is 57.5 Å². The van der Waals surface area contributed by atoms with Gasteiger partial charge in [0.2, 0.25) is 11.8 Å². The van der Waals surface area contributed by atoms with E-state index in [-0.39, 0.29) is 24.3 Å². The van der Waals surface area contributed by atoms with Crippen molar-refractivity contribution in [3.05, 3.63) is 59.7 Å². The molecular weight excluding hydrogens is 510 g/mol. The first-order valence-electron chi connectivity index (χ1n) is 14.0. The number of fused-ring (bicyclic) bond motifs is 3. The topological polar surface area (TPSA) is 107 Å². The fourth-order valence-corrected chi connectivity index (χ4v) is 5.95. The van der Waals surface area contributed by atoms with Gasteiger partial charge in [0.05, 0.1) is 6.42 Å². The third-order valence-corrected chi connectivity index (χ3v) is 8.06. The van der Waals surface area contributed by atoms with Crippen molar-refractivity contribution in [3.8, 4) is 11.1 Å². The number of hydrogen-bond acceptors (Lipinski definition) is 5. The molecule has 1 saturated heterocycles. The Balaban J connectivity index is 1.48. The number of carbonyl (C=O) groups excluding carboxylic acids is 3. The Hall–Kier alpha value is -3.88. The number of carboxylic acids is 1. The highest BCUT2D eigenvalue weighted by Crippen LogP contribution is 2.44. The second kappa shape index (κ2) is 12.5. The summed E-state index contributed by atoms with van der Waals surface area (Å²) >= 11 is 0. The van der Waals surface area contributed by atoms with Gasteiger partial charge in [-0.2, -0.15) is 0 Å². The van der Waals surface area contributed by atoms with Gasteiger partial charge >= 0.3 is 12.1 Å². The van der Waals surface area contributed by atoms with Crippen molar-refractivity contribution in [1.29, 1.82) is 0 Å². The number of amides is 3. The Morgan fingerprint density at radius 1 is 0.900 bits per heavy atom. The van der Waals surface area contributed by atoms with Crippen LogP contribution in [-0.4, -0.2) is 89.6 Å². The van der Waals surface area contributed by atoms with Gasteiger partial charge in [0.25, 0.3) is 0 Å². The molecule has 2 aromatic carbocycles. The van der Waals surface area contributed by atoms with Gasteiger partial charge in [0, 0.05) is 33.1 Å². The smallest absolute Gasteiger partial charge is 0.410 e. The molecule has 40 heavy (non-hydrogen) atoms. The molecule has 9 heteroatoms. The maximum atomic E-state index is 13.7. The third-order valence-electron chi connectivity index (χ3n) is 8.06. The third kappa shape index (κ3) is 5.98. The van der Waals surface area contributed by atoms with Crippen LogP contribution in [0, 0.1) is 5.92 Å². The average molecular weight is 550 g/mol. The zero-order valence-corrected chi connectivity index (χ0v) is 23.7. The van der Waals surface area contributed by atoms with E-state index in [2.05, 4.69) is 12.1 Å². The molecule has 0 bridgehead atoms. The number of nitrogens with zero attached hydrogens (tertiary/aromatic N) is 3. The van der Waals surface area contributed by atoms with Crippen LogP contribution in [0.1, 0.15) is 56.6 Å². The molecule has 0 saturated carbocycles. The van der Waals surface area contributed by atoms with E-state index in [0.717, 1.165) is 41.5 Å². The second-order valence-electron chi connectivity index (χ2n) is 11.1. The van der Waals surface area contributed by atoms with Crippen molar-refractivity contribution >= 4 is 23.9 Å². The lowest BCUT2D eigenvalue weighted by molar-refractivity contribution is -0.152. The lowest BCUT2D eigenvalue weighted by Crippen LogP contribution is -2.57. The van der Waals surface area contributed by atoms with E-state index in [4.69, 9.17) is 4.74 Å². The summed E-state index contributed by atoms with van der Waals surface area (Å²) in [6, 6.07) is 14.0. The minimum atomic E-state index is -1.17. The molecule has 214 valence electrons. The molecule has 1 aliphatic carbocycles. The predicted molar refractivity (Wildman–Crippen MR) is 151 cm³/mol. The van der Waals surface area contributed by atoms with Crippen LogP contribution in [0.4, 0.5) is 4.79 Å². The second-order valence-corrected chi connectivity index (χ2v) is 11.1. The molecule has 3 amide bonds. The maximum absolute atomic E-state index is 13.7. The molecule has 2 atom stereocenters. The van der Waals surface area contributed by atoms with Crippen LogP contribution < -0.4 is 0 Å². The molecule has 2 aromatic rings. The molecule has 1 fully saturated rings. The number of carbonyl (C=O) groups is 4. The van der Waals surface area contributed by atoms with Crippen molar-refractivity contribution in [2.75, 3.05) is 33.8 Å². The number of likely N-dealkylation sites (tertiary alicyclic amines) is 1. The van der Waals surface area contributed by atoms with E-state index >= 15 is 0 Å². The van der Waals surface area contributed by atoms with Crippen LogP contribution in [-0.2, 0) is 19.1 Å². The normalized spacial score (nSPS) is 16.1. The summed E-state index contributed by atoms with van der Waals surface area (Å²) in [6.07, 6.45) is 1.56. The molecule has 0 radical (unpaired) electrons. The van der Waals surface area contributed by atoms with Crippen LogP contribution in [0.25, 0.3) is 11.1 Å². The fourth-order valence-electron chi connectivity index (χ4n) is 5.95. The summed E-state index contributed by atoms with van der Waals surface area (Å²) < 4.78 is 5.78. The van der Waals surface area contributed by atoms with E-state index in [1.54, 1.807) is 4.90 Å². The molecule has 9 nitrogen and oxygen atoms in total. The lowest BCUT2D eigenvalue weighted by atomic mass is 9.98. The molecule has 1 aliphatic heterocycles. The van der Waals surface area contributed by atoms with E-state index in [1.165, 1.54) is 23.9 Å². The molecule has 1 N–H and O–H groups in total. The lowest BCUT2D eigenvalue weighted by Gasteiger charge is -2.37. The summed E-state index contributed by atoms with van der Waals surface area (Å²) in [5.41, 5.74) is 4.41. The van der Waals surface area contributed by atoms with E-state index in [9.17, 15) is 24.3 Å². The molecule has 2 aliphatic rings. The Morgan fingerprint density at radius 3 is 1.98 bits per heavy atom. The fraction of sp³-hybridized carbons (Fsp3) is 0.484. The van der Waals surface area contributed by atoms with Crippen LogP contribution in [0.15, 0.2) is 48.5 Å². The van der Waals surface area contributed by atoms with Crippen molar-refractivity contribution < 1.29 is 29.0 Å². The molecular formula is C31H39N3O6. The van der Waals surface area contributed by atoms with Crippen molar-refractivity contribution in [2.24, 2.45) is 5.92 Å². The van der Waals surface area contributed by atoms with Gasteiger partial charge in [0.1, 0.15) is 18.7 Å². The summed E-state index contributed by atoms with van der Waals surface area (Å²) in [5.74, 6) is -2.47. The van der Waals surface area contributed by atoms with E-state index < -0.39 is 36.5 Å². The highest BCUT2D eigenvalue weighted by atomic mass is 16.6. The Bertz CT molecular complexity index is 1210. The number of likely N-dealkylation sites (N-methyl/N-ethyl adjacent to an activating group) is 2. The number of carboxylic acid groups (broad SMARTS) is 1. The monoisotopic (exact) mass is 549 g/mol. The number of ether oxygens (including phenoxy) is 1. The van der Waals surface area contributed by atoms with Gasteiger partial charge in [-0.1, -0.05) is 62.4 Å². The van der Waals surface area contributed by atoms with Crippen molar-refractivity contribution in [1.82, 2.24) is 14.7 Å². The Kier molecular flexibility index (Phi) is 9.12. The molecule has 1 heterocycles. The maximum Gasteiger partial charge on any atom is 0.410 e. The highest BCUT2D eigenvalue weighted by Gasteiger charge is 2.40. The average Bonchev–Trinajstić information content (AvgIpc) is 3.27. The summed E-state index contributed by atoms with van der Waals surface area (Å²) in [6.45, 7) is 4.82. The van der Waals surface area contributed by atoms with Gasteiger partial charge < -0.3 is 19.6 Å². The Labute approximate surface area is 235 Å². The zero-order valence-electron chi connectivity index (χ0n) is 23.7. The van der Waals surface area contributed by atoms with Gasteiger partial charge in [-0.3, -0.25) is 19.3 Å². The number of benzene rings is 2. The minimum absolute atomic E-state index is 0.112. The van der Waals surface area contributed by atoms with Gasteiger partial charge in [-0.25, -0.2) is 4.79 Å². The molecule has 4 rings (SSSR count). The van der Waals surface area contributed by atoms with Crippen molar-refractivity contribution in [3.63, 3.8) is 0 Å². The first-order chi connectivity index (χ1) is 19.1. The van der Waals surface area contributed by atoms with E-state index in [1.807, 2.05) is 50.2 Å². The van der Waals surface area contributed by atoms with Crippen LogP contribution in [0.5, 0.6) is 0 Å². The summed E-state index contributed by atoms with van der Waals surface area (Å²) in [7, 11) is 2.95. The first-order valence-corrected chi connectivity index (χ1v) is 14.0. The van der Waals surface area contributed by atoms with Crippen LogP contribution in [0.3, 0.4) is 0 Å². The number of hydrogen-bond donors (Lipinski definition) is 1. The van der Waals surface area contributed by atoms with E-state index in [0.29, 0.717) is 13.1 Å². The molecule has 0 unspecified atom stereocenters.